The van der Waals surface area contributed by atoms with Crippen molar-refractivity contribution in [1.29, 1.82) is 0 Å². The molecule has 2 amide bonds. The number of carbonyl (C=O) groups excluding carboxylic acids is 1. The van der Waals surface area contributed by atoms with Gasteiger partial charge in [0, 0.05) is 55.6 Å². The number of imidazole rings is 1. The van der Waals surface area contributed by atoms with Gasteiger partial charge in [0.15, 0.2) is 5.65 Å². The van der Waals surface area contributed by atoms with E-state index in [0.717, 1.165) is 9.04 Å². The number of hydrogen-bond donors (Lipinski definition) is 1. The molecule has 1 fully saturated rings. The van der Waals surface area contributed by atoms with Crippen molar-refractivity contribution in [3.63, 3.8) is 0 Å². The summed E-state index contributed by atoms with van der Waals surface area (Å²) in [4.78, 5) is 24.0. The number of pyridine rings is 1. The standard InChI is InChI=1S/C20H20BrF3N6O/c21-14-3-1-4-15(13-14)26-19(31)29-10-7-28(8-11-29)9-12-30-17-16(5-2-6-25-17)27-18(30)20(22,23)24/h1-6,13H,7-12H2,(H,26,31). The minimum absolute atomic E-state index is 0.118. The molecule has 0 bridgehead atoms. The van der Waals surface area contributed by atoms with Crippen molar-refractivity contribution in [1.82, 2.24) is 24.3 Å². The van der Waals surface area contributed by atoms with Crippen LogP contribution in [0.25, 0.3) is 11.2 Å². The molecule has 0 aliphatic carbocycles. The Hall–Kier alpha value is -2.66. The number of carbonyl (C=O) groups is 1. The number of piperazine rings is 1. The van der Waals surface area contributed by atoms with Crippen LogP contribution in [-0.2, 0) is 12.7 Å². The lowest BCUT2D eigenvalue weighted by atomic mass is 10.3. The lowest BCUT2D eigenvalue weighted by molar-refractivity contribution is -0.147. The molecule has 3 aromatic rings. The highest BCUT2D eigenvalue weighted by Crippen LogP contribution is 2.30. The average Bonchev–Trinajstić information content (AvgIpc) is 3.12. The third-order valence-corrected chi connectivity index (χ3v) is 5.63. The first-order valence-corrected chi connectivity index (χ1v) is 10.5. The van der Waals surface area contributed by atoms with Crippen LogP contribution < -0.4 is 5.32 Å². The Balaban J connectivity index is 1.35. The molecule has 1 N–H and O–H groups in total. The number of fused-ring (bicyclic) bond motifs is 1. The maximum absolute atomic E-state index is 13.4. The molecule has 7 nitrogen and oxygen atoms in total. The Kier molecular flexibility index (Phi) is 6.15. The SMILES string of the molecule is O=C(Nc1cccc(Br)c1)N1CCN(CCn2c(C(F)(F)F)nc3cccnc32)CC1. The van der Waals surface area contributed by atoms with Crippen LogP contribution >= 0.6 is 15.9 Å². The normalized spacial score (nSPS) is 15.4. The largest absolute Gasteiger partial charge is 0.449 e. The molecule has 0 radical (unpaired) electrons. The van der Waals surface area contributed by atoms with Gasteiger partial charge in [-0.25, -0.2) is 14.8 Å². The minimum atomic E-state index is -4.55. The van der Waals surface area contributed by atoms with Crippen molar-refractivity contribution in [3.05, 3.63) is 52.9 Å². The number of alkyl halides is 3. The molecule has 1 aliphatic heterocycles. The van der Waals surface area contributed by atoms with Crippen molar-refractivity contribution >= 4 is 38.8 Å². The molecule has 2 aromatic heterocycles. The maximum Gasteiger partial charge on any atom is 0.449 e. The summed E-state index contributed by atoms with van der Waals surface area (Å²) in [7, 11) is 0. The first-order valence-electron chi connectivity index (χ1n) is 9.73. The third kappa shape index (κ3) is 4.99. The van der Waals surface area contributed by atoms with E-state index in [9.17, 15) is 18.0 Å². The van der Waals surface area contributed by atoms with Gasteiger partial charge in [-0.3, -0.25) is 4.90 Å². The van der Waals surface area contributed by atoms with Gasteiger partial charge in [-0.1, -0.05) is 22.0 Å². The van der Waals surface area contributed by atoms with Crippen LogP contribution in [0.3, 0.4) is 0 Å². The molecular weight excluding hydrogens is 477 g/mol. The van der Waals surface area contributed by atoms with Gasteiger partial charge in [0.05, 0.1) is 0 Å². The summed E-state index contributed by atoms with van der Waals surface area (Å²) in [5.41, 5.74) is 1.15. The average molecular weight is 497 g/mol. The zero-order chi connectivity index (χ0) is 22.0. The lowest BCUT2D eigenvalue weighted by Gasteiger charge is -2.34. The first-order chi connectivity index (χ1) is 14.8. The molecule has 31 heavy (non-hydrogen) atoms. The summed E-state index contributed by atoms with van der Waals surface area (Å²) in [6.07, 6.45) is -3.09. The second-order valence-electron chi connectivity index (χ2n) is 7.20. The molecule has 4 rings (SSSR count). The molecule has 3 heterocycles. The Morgan fingerprint density at radius 1 is 1.10 bits per heavy atom. The highest BCUT2D eigenvalue weighted by molar-refractivity contribution is 9.10. The van der Waals surface area contributed by atoms with Gasteiger partial charge < -0.3 is 14.8 Å². The van der Waals surface area contributed by atoms with Crippen molar-refractivity contribution in [3.8, 4) is 0 Å². The van der Waals surface area contributed by atoms with Crippen LogP contribution in [-0.4, -0.2) is 63.1 Å². The highest BCUT2D eigenvalue weighted by Gasteiger charge is 2.38. The van der Waals surface area contributed by atoms with Crippen molar-refractivity contribution in [2.75, 3.05) is 38.0 Å². The van der Waals surface area contributed by atoms with Gasteiger partial charge in [0.2, 0.25) is 5.82 Å². The molecule has 0 atom stereocenters. The summed E-state index contributed by atoms with van der Waals surface area (Å²) in [5.74, 6) is -0.937. The minimum Gasteiger partial charge on any atom is -0.322 e. The molecular formula is C20H20BrF3N6O. The van der Waals surface area contributed by atoms with Crippen LogP contribution in [0.5, 0.6) is 0 Å². The second kappa shape index (κ2) is 8.83. The molecule has 1 aliphatic rings. The fourth-order valence-corrected chi connectivity index (χ4v) is 3.97. The number of nitrogens with zero attached hydrogens (tertiary/aromatic N) is 5. The fraction of sp³-hybridized carbons (Fsp3) is 0.350. The zero-order valence-electron chi connectivity index (χ0n) is 16.4. The Morgan fingerprint density at radius 2 is 1.87 bits per heavy atom. The molecule has 1 saturated heterocycles. The van der Waals surface area contributed by atoms with Crippen LogP contribution in [0, 0.1) is 0 Å². The summed E-state index contributed by atoms with van der Waals surface area (Å²) < 4.78 is 42.2. The van der Waals surface area contributed by atoms with Gasteiger partial charge in [-0.05, 0) is 30.3 Å². The topological polar surface area (TPSA) is 66.3 Å². The van der Waals surface area contributed by atoms with Gasteiger partial charge in [0.1, 0.15) is 5.52 Å². The van der Waals surface area contributed by atoms with Gasteiger partial charge >= 0.3 is 12.2 Å². The Labute approximate surface area is 185 Å². The van der Waals surface area contributed by atoms with E-state index in [1.807, 2.05) is 23.1 Å². The molecule has 0 spiro atoms. The summed E-state index contributed by atoms with van der Waals surface area (Å²) in [6, 6.07) is 10.2. The van der Waals surface area contributed by atoms with Crippen LogP contribution in [0.15, 0.2) is 47.1 Å². The molecule has 0 unspecified atom stereocenters. The summed E-state index contributed by atoms with van der Waals surface area (Å²) >= 11 is 3.37. The van der Waals surface area contributed by atoms with Gasteiger partial charge in [-0.15, -0.1) is 0 Å². The smallest absolute Gasteiger partial charge is 0.322 e. The zero-order valence-corrected chi connectivity index (χ0v) is 18.0. The van der Waals surface area contributed by atoms with E-state index in [1.165, 1.54) is 12.3 Å². The number of rotatable bonds is 4. The number of nitrogens with one attached hydrogen (secondary N) is 1. The number of hydrogen-bond acceptors (Lipinski definition) is 4. The first kappa shape index (κ1) is 21.6. The number of anilines is 1. The van der Waals surface area contributed by atoms with E-state index in [4.69, 9.17) is 0 Å². The summed E-state index contributed by atoms with van der Waals surface area (Å²) in [5, 5.41) is 2.86. The van der Waals surface area contributed by atoms with Crippen molar-refractivity contribution < 1.29 is 18.0 Å². The lowest BCUT2D eigenvalue weighted by Crippen LogP contribution is -2.50. The summed E-state index contributed by atoms with van der Waals surface area (Å²) in [6.45, 7) is 2.67. The van der Waals surface area contributed by atoms with Crippen LogP contribution in [0.4, 0.5) is 23.7 Å². The predicted molar refractivity (Wildman–Crippen MR) is 114 cm³/mol. The van der Waals surface area contributed by atoms with E-state index in [2.05, 4.69) is 31.2 Å². The fourth-order valence-electron chi connectivity index (χ4n) is 3.57. The van der Waals surface area contributed by atoms with Crippen LogP contribution in [0.1, 0.15) is 5.82 Å². The van der Waals surface area contributed by atoms with Gasteiger partial charge in [0.25, 0.3) is 0 Å². The molecule has 164 valence electrons. The predicted octanol–water partition coefficient (Wildman–Crippen LogP) is 4.06. The van der Waals surface area contributed by atoms with Crippen LogP contribution in [0.2, 0.25) is 0 Å². The van der Waals surface area contributed by atoms with Crippen molar-refractivity contribution in [2.24, 2.45) is 0 Å². The van der Waals surface area contributed by atoms with E-state index in [1.54, 1.807) is 17.0 Å². The van der Waals surface area contributed by atoms with E-state index >= 15 is 0 Å². The molecule has 11 heteroatoms. The Morgan fingerprint density at radius 3 is 2.58 bits per heavy atom. The Bertz CT molecular complexity index is 1080. The molecule has 0 saturated carbocycles. The number of amides is 2. The second-order valence-corrected chi connectivity index (χ2v) is 8.12. The monoisotopic (exact) mass is 496 g/mol. The molecule has 1 aromatic carbocycles. The third-order valence-electron chi connectivity index (χ3n) is 5.13. The van der Waals surface area contributed by atoms with Gasteiger partial charge in [-0.2, -0.15) is 13.2 Å². The van der Waals surface area contributed by atoms with E-state index in [0.29, 0.717) is 38.4 Å². The number of benzene rings is 1. The van der Waals surface area contributed by atoms with E-state index in [-0.39, 0.29) is 23.7 Å². The quantitative estimate of drug-likeness (QED) is 0.591. The number of halogens is 4. The number of aromatic nitrogens is 3. The van der Waals surface area contributed by atoms with E-state index < -0.39 is 12.0 Å². The van der Waals surface area contributed by atoms with Crippen molar-refractivity contribution in [2.45, 2.75) is 12.7 Å². The maximum atomic E-state index is 13.4. The highest BCUT2D eigenvalue weighted by atomic mass is 79.9. The number of urea groups is 1.